The van der Waals surface area contributed by atoms with Gasteiger partial charge in [-0.15, -0.1) is 11.8 Å². The highest BCUT2D eigenvalue weighted by molar-refractivity contribution is 7.98. The molecular formula is C20H28F3NS. The Hall–Kier alpha value is -1.23. The van der Waals surface area contributed by atoms with Crippen LogP contribution in [-0.4, -0.2) is 11.2 Å². The molecule has 1 aromatic heterocycles. The molecule has 0 N–H and O–H groups in total. The van der Waals surface area contributed by atoms with Crippen LogP contribution < -0.4 is 0 Å². The van der Waals surface area contributed by atoms with Crippen molar-refractivity contribution in [1.29, 1.82) is 0 Å². The predicted octanol–water partition coefficient (Wildman–Crippen LogP) is 7.65. The lowest BCUT2D eigenvalue weighted by atomic mass is 10.0. The zero-order valence-corrected chi connectivity index (χ0v) is 16.4. The van der Waals surface area contributed by atoms with Crippen molar-refractivity contribution >= 4 is 22.7 Å². The first-order valence-corrected chi connectivity index (χ1v) is 10.2. The molecule has 1 saturated carbocycles. The topological polar surface area (TPSA) is 12.9 Å². The van der Waals surface area contributed by atoms with E-state index in [2.05, 4.69) is 4.98 Å². The fourth-order valence-electron chi connectivity index (χ4n) is 2.68. The van der Waals surface area contributed by atoms with E-state index < -0.39 is 11.9 Å². The third-order valence-corrected chi connectivity index (χ3v) is 4.71. The number of fused-ring (bicyclic) bond motifs is 1. The second kappa shape index (κ2) is 10.7. The highest BCUT2D eigenvalue weighted by Gasteiger charge is 2.33. The summed E-state index contributed by atoms with van der Waals surface area (Å²) in [5.74, 6) is 0. The second-order valence-electron chi connectivity index (χ2n) is 5.85. The number of aromatic nitrogens is 1. The Morgan fingerprint density at radius 2 is 1.44 bits per heavy atom. The van der Waals surface area contributed by atoms with Crippen LogP contribution in [0.3, 0.4) is 0 Å². The fourth-order valence-corrected chi connectivity index (χ4v) is 3.30. The second-order valence-corrected chi connectivity index (χ2v) is 6.70. The van der Waals surface area contributed by atoms with Crippen LogP contribution in [0.15, 0.2) is 29.2 Å². The van der Waals surface area contributed by atoms with Gasteiger partial charge in [-0.1, -0.05) is 64.0 Å². The molecule has 5 heteroatoms. The standard InChI is InChI=1S/C12H10F3NS.C6H12.C2H6/c1-7-3-4-9-8(5-7)10(17-2)6-11(16-9)12(13,14)15;1-2-4-6-5-3-1;1-2/h3-6H,1-2H3;1-6H2;1-2H3. The molecule has 0 saturated heterocycles. The number of halogens is 3. The molecule has 0 atom stereocenters. The van der Waals surface area contributed by atoms with Crippen molar-refractivity contribution in [1.82, 2.24) is 4.98 Å². The van der Waals surface area contributed by atoms with Crippen molar-refractivity contribution in [3.63, 3.8) is 0 Å². The normalized spacial score (nSPS) is 14.2. The molecule has 0 amide bonds. The van der Waals surface area contributed by atoms with Crippen molar-refractivity contribution in [2.75, 3.05) is 6.26 Å². The number of nitrogens with zero attached hydrogens (tertiary/aromatic N) is 1. The Labute approximate surface area is 153 Å². The molecule has 1 aliphatic carbocycles. The number of hydrogen-bond donors (Lipinski definition) is 0. The minimum absolute atomic E-state index is 0.384. The van der Waals surface area contributed by atoms with Crippen molar-refractivity contribution in [2.45, 2.75) is 70.4 Å². The van der Waals surface area contributed by atoms with Gasteiger partial charge in [0.1, 0.15) is 5.69 Å². The number of thioether (sulfide) groups is 1. The molecule has 1 aromatic carbocycles. The van der Waals surface area contributed by atoms with Crippen LogP contribution in [0.2, 0.25) is 0 Å². The van der Waals surface area contributed by atoms with E-state index in [1.807, 2.05) is 26.8 Å². The highest BCUT2D eigenvalue weighted by Crippen LogP contribution is 2.34. The van der Waals surface area contributed by atoms with Crippen LogP contribution >= 0.6 is 11.8 Å². The molecule has 140 valence electrons. The van der Waals surface area contributed by atoms with Gasteiger partial charge in [0.05, 0.1) is 5.52 Å². The van der Waals surface area contributed by atoms with Gasteiger partial charge >= 0.3 is 6.18 Å². The van der Waals surface area contributed by atoms with Crippen LogP contribution in [0.4, 0.5) is 13.2 Å². The predicted molar refractivity (Wildman–Crippen MR) is 102 cm³/mol. The summed E-state index contributed by atoms with van der Waals surface area (Å²) in [6.07, 6.45) is 6.36. The SMILES string of the molecule is C1CCCCC1.CC.CSc1cc(C(F)(F)F)nc2ccc(C)cc12. The average molecular weight is 372 g/mol. The van der Waals surface area contributed by atoms with Gasteiger partial charge in [0.15, 0.2) is 0 Å². The summed E-state index contributed by atoms with van der Waals surface area (Å²) < 4.78 is 37.9. The summed E-state index contributed by atoms with van der Waals surface area (Å²) in [5.41, 5.74) is 0.558. The smallest absolute Gasteiger partial charge is 0.243 e. The van der Waals surface area contributed by atoms with E-state index >= 15 is 0 Å². The number of alkyl halides is 3. The van der Waals surface area contributed by atoms with E-state index in [0.717, 1.165) is 17.0 Å². The zero-order chi connectivity index (χ0) is 18.9. The summed E-state index contributed by atoms with van der Waals surface area (Å²) in [6.45, 7) is 5.90. The van der Waals surface area contributed by atoms with E-state index in [9.17, 15) is 13.2 Å². The van der Waals surface area contributed by atoms with Gasteiger partial charge in [-0.3, -0.25) is 0 Å². The minimum atomic E-state index is -4.40. The van der Waals surface area contributed by atoms with E-state index in [4.69, 9.17) is 0 Å². The minimum Gasteiger partial charge on any atom is -0.243 e. The number of hydrogen-bond acceptors (Lipinski definition) is 2. The first-order chi connectivity index (χ1) is 11.9. The Kier molecular flexibility index (Phi) is 9.33. The van der Waals surface area contributed by atoms with Crippen molar-refractivity contribution in [2.24, 2.45) is 0 Å². The monoisotopic (exact) mass is 371 g/mol. The molecule has 3 rings (SSSR count). The van der Waals surface area contributed by atoms with Crippen molar-refractivity contribution in [3.8, 4) is 0 Å². The van der Waals surface area contributed by atoms with Gasteiger partial charge in [0.2, 0.25) is 0 Å². The summed E-state index contributed by atoms with van der Waals surface area (Å²) in [6, 6.07) is 6.35. The van der Waals surface area contributed by atoms with Crippen LogP contribution in [0.5, 0.6) is 0 Å². The van der Waals surface area contributed by atoms with Crippen LogP contribution in [0.1, 0.15) is 63.6 Å². The van der Waals surface area contributed by atoms with Gasteiger partial charge in [-0.05, 0) is 31.4 Å². The van der Waals surface area contributed by atoms with Gasteiger partial charge in [-0.25, -0.2) is 4.98 Å². The average Bonchev–Trinajstić information content (AvgIpc) is 2.63. The maximum Gasteiger partial charge on any atom is 0.433 e. The molecule has 1 aliphatic rings. The maximum absolute atomic E-state index is 12.6. The lowest BCUT2D eigenvalue weighted by Gasteiger charge is -2.10. The molecule has 0 unspecified atom stereocenters. The number of benzene rings is 1. The molecule has 0 radical (unpaired) electrons. The van der Waals surface area contributed by atoms with Gasteiger partial charge < -0.3 is 0 Å². The number of rotatable bonds is 1. The molecule has 1 fully saturated rings. The summed E-state index contributed by atoms with van der Waals surface area (Å²) >= 11 is 1.30. The number of pyridine rings is 1. The molecule has 0 aliphatic heterocycles. The lowest BCUT2D eigenvalue weighted by molar-refractivity contribution is -0.141. The quantitative estimate of drug-likeness (QED) is 0.477. The third kappa shape index (κ3) is 6.89. The molecule has 2 aromatic rings. The Morgan fingerprint density at radius 1 is 0.920 bits per heavy atom. The van der Waals surface area contributed by atoms with Gasteiger partial charge in [0.25, 0.3) is 0 Å². The summed E-state index contributed by atoms with van der Waals surface area (Å²) in [4.78, 5) is 4.26. The zero-order valence-electron chi connectivity index (χ0n) is 15.5. The molecule has 0 spiro atoms. The Bertz CT molecular complexity index is 638. The Balaban J connectivity index is 0.000000326. The highest BCUT2D eigenvalue weighted by atomic mass is 32.2. The van der Waals surface area contributed by atoms with E-state index in [1.165, 1.54) is 50.3 Å². The lowest BCUT2D eigenvalue weighted by Crippen LogP contribution is -2.08. The summed E-state index contributed by atoms with van der Waals surface area (Å²) in [5, 5.41) is 0.769. The third-order valence-electron chi connectivity index (χ3n) is 3.94. The molecular weight excluding hydrogens is 343 g/mol. The van der Waals surface area contributed by atoms with E-state index in [0.29, 0.717) is 10.4 Å². The maximum atomic E-state index is 12.6. The fraction of sp³-hybridized carbons (Fsp3) is 0.550. The molecule has 0 bridgehead atoms. The van der Waals surface area contributed by atoms with Crippen LogP contribution in [0, 0.1) is 6.92 Å². The largest absolute Gasteiger partial charge is 0.433 e. The molecule has 1 nitrogen and oxygen atoms in total. The van der Waals surface area contributed by atoms with Gasteiger partial charge in [0, 0.05) is 10.3 Å². The van der Waals surface area contributed by atoms with Crippen molar-refractivity contribution in [3.05, 3.63) is 35.5 Å². The van der Waals surface area contributed by atoms with E-state index in [-0.39, 0.29) is 0 Å². The van der Waals surface area contributed by atoms with Crippen LogP contribution in [-0.2, 0) is 6.18 Å². The van der Waals surface area contributed by atoms with E-state index in [1.54, 1.807) is 18.4 Å². The summed E-state index contributed by atoms with van der Waals surface area (Å²) in [7, 11) is 0. The number of aryl methyl sites for hydroxylation is 1. The molecule has 1 heterocycles. The first kappa shape index (κ1) is 21.8. The molecule has 25 heavy (non-hydrogen) atoms. The van der Waals surface area contributed by atoms with Crippen molar-refractivity contribution < 1.29 is 13.2 Å². The van der Waals surface area contributed by atoms with Crippen LogP contribution in [0.25, 0.3) is 10.9 Å². The van der Waals surface area contributed by atoms with Gasteiger partial charge in [-0.2, -0.15) is 13.2 Å². The first-order valence-electron chi connectivity index (χ1n) is 8.94. The Morgan fingerprint density at radius 3 is 1.88 bits per heavy atom.